The number of non-ortho nitro benzene ring substituents is 1. The van der Waals surface area contributed by atoms with Crippen molar-refractivity contribution in [3.8, 4) is 11.5 Å². The van der Waals surface area contributed by atoms with Crippen LogP contribution in [-0.2, 0) is 9.53 Å². The summed E-state index contributed by atoms with van der Waals surface area (Å²) in [6, 6.07) is 10.1. The Balaban J connectivity index is 1.54. The van der Waals surface area contributed by atoms with Crippen molar-refractivity contribution in [3.63, 3.8) is 0 Å². The van der Waals surface area contributed by atoms with E-state index in [9.17, 15) is 19.7 Å². The summed E-state index contributed by atoms with van der Waals surface area (Å²) in [5.74, 6) is -0.0719. The lowest BCUT2D eigenvalue weighted by molar-refractivity contribution is -0.384. The van der Waals surface area contributed by atoms with Gasteiger partial charge in [0.15, 0.2) is 18.1 Å². The van der Waals surface area contributed by atoms with Gasteiger partial charge >= 0.3 is 5.97 Å². The number of ether oxygens (including phenoxy) is 3. The summed E-state index contributed by atoms with van der Waals surface area (Å²) >= 11 is 0. The van der Waals surface area contributed by atoms with Gasteiger partial charge in [0.2, 0.25) is 6.79 Å². The normalized spacial score (nSPS) is 12.9. The second-order valence-corrected chi connectivity index (χ2v) is 5.79. The second-order valence-electron chi connectivity index (χ2n) is 5.79. The van der Waals surface area contributed by atoms with Crippen LogP contribution in [0.5, 0.6) is 11.5 Å². The minimum absolute atomic E-state index is 0.000759. The summed E-state index contributed by atoms with van der Waals surface area (Å²) in [5.41, 5.74) is 0.573. The molecule has 1 N–H and O–H groups in total. The number of nitro groups is 1. The first-order chi connectivity index (χ1) is 12.9. The Morgan fingerprint density at radius 2 is 2.00 bits per heavy atom. The van der Waals surface area contributed by atoms with Gasteiger partial charge in [0.25, 0.3) is 11.6 Å². The maximum atomic E-state index is 12.0. The maximum absolute atomic E-state index is 12.0. The highest BCUT2D eigenvalue weighted by atomic mass is 16.7. The number of carbonyl (C=O) groups is 2. The van der Waals surface area contributed by atoms with Crippen LogP contribution in [0.25, 0.3) is 0 Å². The SMILES string of the molecule is C[C@@H](NC(=O)COC(=O)c1cccc([N+](=O)[O-])c1)c1ccc2c(c1)OCO2. The van der Waals surface area contributed by atoms with Gasteiger partial charge < -0.3 is 19.5 Å². The van der Waals surface area contributed by atoms with Gasteiger partial charge in [-0.05, 0) is 30.7 Å². The lowest BCUT2D eigenvalue weighted by atomic mass is 10.1. The molecule has 1 aliphatic heterocycles. The molecule has 0 radical (unpaired) electrons. The van der Waals surface area contributed by atoms with E-state index < -0.39 is 23.4 Å². The minimum atomic E-state index is -0.815. The molecule has 9 nitrogen and oxygen atoms in total. The van der Waals surface area contributed by atoms with Gasteiger partial charge in [-0.1, -0.05) is 12.1 Å². The fraction of sp³-hybridized carbons (Fsp3) is 0.222. The van der Waals surface area contributed by atoms with Gasteiger partial charge in [-0.15, -0.1) is 0 Å². The van der Waals surface area contributed by atoms with Gasteiger partial charge in [0.05, 0.1) is 16.5 Å². The average molecular weight is 372 g/mol. The number of nitrogens with zero attached hydrogens (tertiary/aromatic N) is 1. The molecule has 0 spiro atoms. The van der Waals surface area contributed by atoms with Gasteiger partial charge in [-0.25, -0.2) is 4.79 Å². The first kappa shape index (κ1) is 18.2. The zero-order valence-corrected chi connectivity index (χ0v) is 14.3. The van der Waals surface area contributed by atoms with Crippen LogP contribution in [0.15, 0.2) is 42.5 Å². The van der Waals surface area contributed by atoms with Crippen molar-refractivity contribution in [1.82, 2.24) is 5.32 Å². The molecule has 1 heterocycles. The predicted octanol–water partition coefficient (Wildman–Crippen LogP) is 2.36. The van der Waals surface area contributed by atoms with E-state index in [4.69, 9.17) is 14.2 Å². The second kappa shape index (κ2) is 7.73. The molecule has 27 heavy (non-hydrogen) atoms. The number of amides is 1. The zero-order chi connectivity index (χ0) is 19.4. The summed E-state index contributed by atoms with van der Waals surface area (Å²) in [6.45, 7) is 1.43. The number of carbonyl (C=O) groups excluding carboxylic acids is 2. The monoisotopic (exact) mass is 372 g/mol. The minimum Gasteiger partial charge on any atom is -0.454 e. The zero-order valence-electron chi connectivity index (χ0n) is 14.3. The van der Waals surface area contributed by atoms with Crippen LogP contribution in [0.2, 0.25) is 0 Å². The Hall–Kier alpha value is -3.62. The fourth-order valence-corrected chi connectivity index (χ4v) is 2.51. The molecular formula is C18H16N2O7. The molecule has 1 atom stereocenters. The van der Waals surface area contributed by atoms with E-state index in [1.807, 2.05) is 0 Å². The third-order valence-corrected chi connectivity index (χ3v) is 3.90. The van der Waals surface area contributed by atoms with E-state index in [1.54, 1.807) is 25.1 Å². The van der Waals surface area contributed by atoms with Crippen molar-refractivity contribution in [2.45, 2.75) is 13.0 Å². The van der Waals surface area contributed by atoms with E-state index in [1.165, 1.54) is 18.2 Å². The number of nitro benzene ring substituents is 1. The highest BCUT2D eigenvalue weighted by Gasteiger charge is 2.18. The van der Waals surface area contributed by atoms with Crippen molar-refractivity contribution < 1.29 is 28.7 Å². The number of benzene rings is 2. The van der Waals surface area contributed by atoms with Crippen LogP contribution in [0.3, 0.4) is 0 Å². The van der Waals surface area contributed by atoms with E-state index in [0.717, 1.165) is 11.6 Å². The van der Waals surface area contributed by atoms with Crippen LogP contribution < -0.4 is 14.8 Å². The molecule has 2 aromatic rings. The number of hydrogen-bond donors (Lipinski definition) is 1. The van der Waals surface area contributed by atoms with Crippen molar-refractivity contribution in [2.75, 3.05) is 13.4 Å². The summed E-state index contributed by atoms with van der Waals surface area (Å²) in [6.07, 6.45) is 0. The molecule has 140 valence electrons. The Kier molecular flexibility index (Phi) is 5.20. The van der Waals surface area contributed by atoms with E-state index in [-0.39, 0.29) is 24.1 Å². The Bertz CT molecular complexity index is 897. The van der Waals surface area contributed by atoms with E-state index >= 15 is 0 Å². The Labute approximate surface area is 154 Å². The molecule has 1 aliphatic rings. The van der Waals surface area contributed by atoms with Crippen LogP contribution in [0.1, 0.15) is 28.9 Å². The summed E-state index contributed by atoms with van der Waals surface area (Å²) in [4.78, 5) is 34.1. The Morgan fingerprint density at radius 1 is 1.22 bits per heavy atom. The standard InChI is InChI=1S/C18H16N2O7/c1-11(12-5-6-15-16(8-12)27-10-26-15)19-17(21)9-25-18(22)13-3-2-4-14(7-13)20(23)24/h2-8,11H,9-10H2,1H3,(H,19,21)/t11-/m1/s1. The highest BCUT2D eigenvalue weighted by molar-refractivity contribution is 5.92. The topological polar surface area (TPSA) is 117 Å². The van der Waals surface area contributed by atoms with Crippen molar-refractivity contribution >= 4 is 17.6 Å². The molecule has 0 aromatic heterocycles. The number of rotatable bonds is 6. The first-order valence-electron chi connectivity index (χ1n) is 8.04. The quantitative estimate of drug-likeness (QED) is 0.470. The molecule has 0 fully saturated rings. The van der Waals surface area contributed by atoms with Crippen LogP contribution in [0.4, 0.5) is 5.69 Å². The largest absolute Gasteiger partial charge is 0.454 e. The van der Waals surface area contributed by atoms with Crippen LogP contribution in [0, 0.1) is 10.1 Å². The molecule has 3 rings (SSSR count). The van der Waals surface area contributed by atoms with Crippen molar-refractivity contribution in [1.29, 1.82) is 0 Å². The predicted molar refractivity (Wildman–Crippen MR) is 92.5 cm³/mol. The number of nitrogens with one attached hydrogen (secondary N) is 1. The van der Waals surface area contributed by atoms with E-state index in [0.29, 0.717) is 11.5 Å². The van der Waals surface area contributed by atoms with E-state index in [2.05, 4.69) is 5.32 Å². The fourth-order valence-electron chi connectivity index (χ4n) is 2.51. The van der Waals surface area contributed by atoms with Gasteiger partial charge in [0.1, 0.15) is 0 Å². The van der Waals surface area contributed by atoms with Crippen molar-refractivity contribution in [2.24, 2.45) is 0 Å². The molecule has 0 bridgehead atoms. The van der Waals surface area contributed by atoms with Crippen LogP contribution in [-0.4, -0.2) is 30.2 Å². The van der Waals surface area contributed by atoms with Gasteiger partial charge in [-0.2, -0.15) is 0 Å². The number of hydrogen-bond acceptors (Lipinski definition) is 7. The average Bonchev–Trinajstić information content (AvgIpc) is 3.13. The summed E-state index contributed by atoms with van der Waals surface area (Å²) in [5, 5.41) is 13.4. The summed E-state index contributed by atoms with van der Waals surface area (Å²) in [7, 11) is 0. The van der Waals surface area contributed by atoms with Gasteiger partial charge in [0, 0.05) is 12.1 Å². The maximum Gasteiger partial charge on any atom is 0.338 e. The molecule has 0 saturated heterocycles. The summed E-state index contributed by atoms with van der Waals surface area (Å²) < 4.78 is 15.4. The molecule has 2 aromatic carbocycles. The molecule has 0 saturated carbocycles. The van der Waals surface area contributed by atoms with Gasteiger partial charge in [-0.3, -0.25) is 14.9 Å². The third-order valence-electron chi connectivity index (χ3n) is 3.90. The Morgan fingerprint density at radius 3 is 2.78 bits per heavy atom. The highest BCUT2D eigenvalue weighted by Crippen LogP contribution is 2.34. The number of fused-ring (bicyclic) bond motifs is 1. The molecule has 1 amide bonds. The number of esters is 1. The van der Waals surface area contributed by atoms with Crippen LogP contribution >= 0.6 is 0 Å². The molecule has 0 unspecified atom stereocenters. The molecule has 0 aliphatic carbocycles. The smallest absolute Gasteiger partial charge is 0.338 e. The van der Waals surface area contributed by atoms with Crippen molar-refractivity contribution in [3.05, 3.63) is 63.7 Å². The molecule has 9 heteroatoms. The third kappa shape index (κ3) is 4.32. The first-order valence-corrected chi connectivity index (χ1v) is 8.04. The lowest BCUT2D eigenvalue weighted by Gasteiger charge is -2.15. The lowest BCUT2D eigenvalue weighted by Crippen LogP contribution is -2.31. The molecular weight excluding hydrogens is 356 g/mol.